The number of aryl methyl sites for hydroxylation is 2. The molecule has 4 heterocycles. The van der Waals surface area contributed by atoms with Crippen molar-refractivity contribution in [1.29, 1.82) is 0 Å². The number of carbonyl (C=O) groups excluding carboxylic acids is 1. The summed E-state index contributed by atoms with van der Waals surface area (Å²) in [6.45, 7) is 5.97. The van der Waals surface area contributed by atoms with E-state index in [1.165, 1.54) is 0 Å². The zero-order valence-electron chi connectivity index (χ0n) is 14.0. The molecule has 1 fully saturated rings. The highest BCUT2D eigenvalue weighted by Gasteiger charge is 2.37. The quantitative estimate of drug-likeness (QED) is 0.904. The number of hydrogen-bond donors (Lipinski definition) is 1. The fourth-order valence-corrected chi connectivity index (χ4v) is 3.57. The summed E-state index contributed by atoms with van der Waals surface area (Å²) in [5, 5.41) is 15.4. The number of likely N-dealkylation sites (tertiary alicyclic amines) is 1. The number of nitrogens with one attached hydrogen (secondary N) is 1. The Morgan fingerprint density at radius 1 is 1.46 bits per heavy atom. The lowest BCUT2D eigenvalue weighted by atomic mass is 9.99. The summed E-state index contributed by atoms with van der Waals surface area (Å²) < 4.78 is 7.82. The third kappa shape index (κ3) is 2.60. The molecule has 8 heteroatoms. The number of hydrogen-bond acceptors (Lipinski definition) is 5. The van der Waals surface area contributed by atoms with E-state index in [0.717, 1.165) is 35.6 Å². The van der Waals surface area contributed by atoms with Crippen LogP contribution in [0.1, 0.15) is 41.5 Å². The Labute approximate surface area is 140 Å². The van der Waals surface area contributed by atoms with Gasteiger partial charge in [0, 0.05) is 31.6 Å². The second-order valence-corrected chi connectivity index (χ2v) is 6.64. The molecule has 1 N–H and O–H groups in total. The minimum Gasteiger partial charge on any atom is -0.370 e. The maximum Gasteiger partial charge on any atom is 0.223 e. The molecule has 2 aliphatic rings. The van der Waals surface area contributed by atoms with Crippen molar-refractivity contribution < 1.29 is 9.53 Å². The zero-order valence-corrected chi connectivity index (χ0v) is 14.0. The standard InChI is InChI=1S/C16H22N6O2/c1-10-11(2)18-19-13(10)3-4-16(23)21-6-5-15-14(8-21)22-12(9-24-15)7-17-20-22/h7,14-15H,3-6,8-9H2,1-2H3,(H,18,19)/t14-,15-/m0/s1. The molecule has 2 aromatic rings. The van der Waals surface area contributed by atoms with E-state index in [-0.39, 0.29) is 18.1 Å². The second kappa shape index (κ2) is 6.01. The van der Waals surface area contributed by atoms with Crippen LogP contribution in [0.2, 0.25) is 0 Å². The Kier molecular flexibility index (Phi) is 3.84. The summed E-state index contributed by atoms with van der Waals surface area (Å²) >= 11 is 0. The van der Waals surface area contributed by atoms with Gasteiger partial charge in [0.05, 0.1) is 36.3 Å². The number of aromatic nitrogens is 5. The van der Waals surface area contributed by atoms with Gasteiger partial charge in [0.2, 0.25) is 5.91 Å². The molecule has 24 heavy (non-hydrogen) atoms. The fourth-order valence-electron chi connectivity index (χ4n) is 3.57. The van der Waals surface area contributed by atoms with E-state index in [1.807, 2.05) is 23.4 Å². The molecule has 1 saturated heterocycles. The molecule has 2 aromatic heterocycles. The smallest absolute Gasteiger partial charge is 0.223 e. The third-order valence-electron chi connectivity index (χ3n) is 5.21. The number of carbonyl (C=O) groups is 1. The van der Waals surface area contributed by atoms with E-state index in [0.29, 0.717) is 26.0 Å². The molecule has 128 valence electrons. The predicted octanol–water partition coefficient (Wildman–Crippen LogP) is 0.923. The number of fused-ring (bicyclic) bond motifs is 3. The van der Waals surface area contributed by atoms with Gasteiger partial charge in [-0.3, -0.25) is 9.89 Å². The summed E-state index contributed by atoms with van der Waals surface area (Å²) in [7, 11) is 0. The molecule has 0 spiro atoms. The first-order valence-electron chi connectivity index (χ1n) is 8.42. The molecule has 2 aliphatic heterocycles. The largest absolute Gasteiger partial charge is 0.370 e. The molecule has 0 aromatic carbocycles. The van der Waals surface area contributed by atoms with Gasteiger partial charge in [0.15, 0.2) is 0 Å². The van der Waals surface area contributed by atoms with E-state index in [1.54, 1.807) is 6.20 Å². The van der Waals surface area contributed by atoms with E-state index in [2.05, 4.69) is 20.5 Å². The normalized spacial score (nSPS) is 23.0. The third-order valence-corrected chi connectivity index (χ3v) is 5.21. The number of aromatic amines is 1. The van der Waals surface area contributed by atoms with Gasteiger partial charge in [-0.1, -0.05) is 5.21 Å². The van der Waals surface area contributed by atoms with Crippen LogP contribution in [0.5, 0.6) is 0 Å². The fraction of sp³-hybridized carbons (Fsp3) is 0.625. The van der Waals surface area contributed by atoms with Gasteiger partial charge in [0.1, 0.15) is 0 Å². The zero-order chi connectivity index (χ0) is 16.7. The number of piperidine rings is 1. The van der Waals surface area contributed by atoms with E-state index in [9.17, 15) is 4.79 Å². The first-order valence-corrected chi connectivity index (χ1v) is 8.42. The summed E-state index contributed by atoms with van der Waals surface area (Å²) in [4.78, 5) is 14.5. The molecule has 0 saturated carbocycles. The van der Waals surface area contributed by atoms with Gasteiger partial charge >= 0.3 is 0 Å². The van der Waals surface area contributed by atoms with Gasteiger partial charge in [0.25, 0.3) is 0 Å². The monoisotopic (exact) mass is 330 g/mol. The minimum absolute atomic E-state index is 0.0725. The molecular formula is C16H22N6O2. The number of nitrogens with zero attached hydrogens (tertiary/aromatic N) is 5. The average molecular weight is 330 g/mol. The van der Waals surface area contributed by atoms with Crippen LogP contribution < -0.4 is 0 Å². The molecule has 0 radical (unpaired) electrons. The molecule has 4 rings (SSSR count). The van der Waals surface area contributed by atoms with Crippen molar-refractivity contribution in [2.45, 2.75) is 51.9 Å². The van der Waals surface area contributed by atoms with Crippen LogP contribution in [0.25, 0.3) is 0 Å². The highest BCUT2D eigenvalue weighted by atomic mass is 16.5. The number of ether oxygens (including phenoxy) is 1. The molecule has 8 nitrogen and oxygen atoms in total. The lowest BCUT2D eigenvalue weighted by Gasteiger charge is -2.41. The molecule has 1 amide bonds. The lowest BCUT2D eigenvalue weighted by Crippen LogP contribution is -2.49. The Morgan fingerprint density at radius 2 is 2.33 bits per heavy atom. The van der Waals surface area contributed by atoms with E-state index < -0.39 is 0 Å². The first kappa shape index (κ1) is 15.3. The minimum atomic E-state index is 0.0725. The van der Waals surface area contributed by atoms with Gasteiger partial charge in [-0.2, -0.15) is 5.10 Å². The van der Waals surface area contributed by atoms with Crippen molar-refractivity contribution >= 4 is 5.91 Å². The molecule has 0 unspecified atom stereocenters. The Hall–Kier alpha value is -2.22. The topological polar surface area (TPSA) is 88.9 Å². The van der Waals surface area contributed by atoms with Gasteiger partial charge in [-0.05, 0) is 25.8 Å². The van der Waals surface area contributed by atoms with Crippen molar-refractivity contribution in [3.63, 3.8) is 0 Å². The Morgan fingerprint density at radius 3 is 3.12 bits per heavy atom. The van der Waals surface area contributed by atoms with Crippen LogP contribution in [-0.2, 0) is 22.6 Å². The van der Waals surface area contributed by atoms with E-state index in [4.69, 9.17) is 4.74 Å². The summed E-state index contributed by atoms with van der Waals surface area (Å²) in [5.41, 5.74) is 4.18. The maximum absolute atomic E-state index is 12.6. The number of amides is 1. The van der Waals surface area contributed by atoms with Crippen LogP contribution in [-0.4, -0.2) is 55.2 Å². The van der Waals surface area contributed by atoms with Gasteiger partial charge < -0.3 is 9.64 Å². The Balaban J connectivity index is 1.41. The van der Waals surface area contributed by atoms with Crippen molar-refractivity contribution in [3.05, 3.63) is 28.8 Å². The molecule has 2 atom stereocenters. The lowest BCUT2D eigenvalue weighted by molar-refractivity contribution is -0.138. The van der Waals surface area contributed by atoms with Crippen molar-refractivity contribution in [2.75, 3.05) is 13.1 Å². The number of rotatable bonds is 3. The molecule has 0 bridgehead atoms. The van der Waals surface area contributed by atoms with Crippen molar-refractivity contribution in [1.82, 2.24) is 30.1 Å². The summed E-state index contributed by atoms with van der Waals surface area (Å²) in [6.07, 6.45) is 3.85. The molecular weight excluding hydrogens is 308 g/mol. The predicted molar refractivity (Wildman–Crippen MR) is 85.2 cm³/mol. The highest BCUT2D eigenvalue weighted by Crippen LogP contribution is 2.30. The second-order valence-electron chi connectivity index (χ2n) is 6.64. The van der Waals surface area contributed by atoms with Gasteiger partial charge in [-0.15, -0.1) is 5.10 Å². The average Bonchev–Trinajstić information content (AvgIpc) is 3.20. The van der Waals surface area contributed by atoms with Crippen molar-refractivity contribution in [2.24, 2.45) is 0 Å². The highest BCUT2D eigenvalue weighted by molar-refractivity contribution is 5.76. The van der Waals surface area contributed by atoms with Crippen LogP contribution in [0.15, 0.2) is 6.20 Å². The summed E-state index contributed by atoms with van der Waals surface area (Å²) in [5.74, 6) is 0.167. The summed E-state index contributed by atoms with van der Waals surface area (Å²) in [6, 6.07) is 0.0725. The number of H-pyrrole nitrogens is 1. The molecule has 0 aliphatic carbocycles. The van der Waals surface area contributed by atoms with Gasteiger partial charge in [-0.25, -0.2) is 4.68 Å². The van der Waals surface area contributed by atoms with Crippen LogP contribution >= 0.6 is 0 Å². The van der Waals surface area contributed by atoms with E-state index >= 15 is 0 Å². The first-order chi connectivity index (χ1) is 11.6. The van der Waals surface area contributed by atoms with Crippen LogP contribution in [0.4, 0.5) is 0 Å². The maximum atomic E-state index is 12.6. The SMILES string of the molecule is Cc1[nH]nc(CCC(=O)N2CC[C@@H]3OCc4cnnn4[C@H]3C2)c1C. The van der Waals surface area contributed by atoms with Crippen molar-refractivity contribution in [3.8, 4) is 0 Å². The Bertz CT molecular complexity index is 752. The van der Waals surface area contributed by atoms with Crippen LogP contribution in [0.3, 0.4) is 0 Å². The van der Waals surface area contributed by atoms with Crippen LogP contribution in [0, 0.1) is 13.8 Å².